The quantitative estimate of drug-likeness (QED) is 0.526. The first-order valence-electron chi connectivity index (χ1n) is 10.5. The van der Waals surface area contributed by atoms with Crippen molar-refractivity contribution in [2.45, 2.75) is 11.9 Å². The predicted molar refractivity (Wildman–Crippen MR) is 135 cm³/mol. The van der Waals surface area contributed by atoms with Crippen LogP contribution in [0.15, 0.2) is 59.8 Å². The largest absolute Gasteiger partial charge is 0.367 e. The van der Waals surface area contributed by atoms with Crippen LogP contribution in [-0.2, 0) is 10.0 Å². The van der Waals surface area contributed by atoms with Crippen LogP contribution in [0, 0.1) is 6.92 Å². The topological polar surface area (TPSA) is 109 Å². The Hall–Kier alpha value is -2.85. The zero-order valence-corrected chi connectivity index (χ0v) is 20.7. The van der Waals surface area contributed by atoms with Crippen molar-refractivity contribution in [1.29, 1.82) is 0 Å². The highest BCUT2D eigenvalue weighted by atomic mass is 35.5. The number of carbonyl (C=O) groups is 1. The second-order valence-electron chi connectivity index (χ2n) is 7.94. The molecule has 2 aromatic carbocycles. The molecule has 0 saturated carbocycles. The number of carbonyl (C=O) groups excluding carboxylic acids is 1. The Morgan fingerprint density at radius 1 is 1.06 bits per heavy atom. The third-order valence-electron chi connectivity index (χ3n) is 5.53. The molecule has 1 aromatic heterocycles. The Morgan fingerprint density at radius 3 is 2.41 bits per heavy atom. The number of para-hydroxylation sites is 1. The molecule has 8 nitrogen and oxygen atoms in total. The van der Waals surface area contributed by atoms with Crippen molar-refractivity contribution in [3.63, 3.8) is 0 Å². The van der Waals surface area contributed by atoms with Gasteiger partial charge in [0.1, 0.15) is 5.02 Å². The van der Waals surface area contributed by atoms with E-state index in [-0.39, 0.29) is 22.2 Å². The molecule has 0 radical (unpaired) electrons. The van der Waals surface area contributed by atoms with Crippen molar-refractivity contribution in [3.05, 3.63) is 75.9 Å². The number of pyridine rings is 1. The van der Waals surface area contributed by atoms with Crippen molar-refractivity contribution in [1.82, 2.24) is 9.88 Å². The molecule has 11 heteroatoms. The van der Waals surface area contributed by atoms with Crippen LogP contribution >= 0.6 is 23.2 Å². The van der Waals surface area contributed by atoms with Gasteiger partial charge in [-0.15, -0.1) is 0 Å². The summed E-state index contributed by atoms with van der Waals surface area (Å²) in [4.78, 5) is 21.2. The van der Waals surface area contributed by atoms with Crippen LogP contribution in [0.25, 0.3) is 0 Å². The molecule has 0 atom stereocenters. The van der Waals surface area contributed by atoms with Crippen LogP contribution in [0.1, 0.15) is 15.9 Å². The molecule has 0 aliphatic carbocycles. The first-order valence-corrected chi connectivity index (χ1v) is 12.8. The van der Waals surface area contributed by atoms with Gasteiger partial charge in [-0.3, -0.25) is 4.79 Å². The molecule has 1 amide bonds. The van der Waals surface area contributed by atoms with Gasteiger partial charge in [0, 0.05) is 38.1 Å². The number of hydrogen-bond donors (Lipinski definition) is 2. The molecule has 0 unspecified atom stereocenters. The maximum Gasteiger partial charge on any atom is 0.257 e. The van der Waals surface area contributed by atoms with Gasteiger partial charge in [0.2, 0.25) is 0 Å². The summed E-state index contributed by atoms with van der Waals surface area (Å²) in [6.45, 7) is 3.99. The van der Waals surface area contributed by atoms with Crippen LogP contribution < -0.4 is 15.4 Å². The van der Waals surface area contributed by atoms with E-state index in [1.54, 1.807) is 11.0 Å². The molecule has 1 aliphatic rings. The van der Waals surface area contributed by atoms with Crippen LogP contribution in [-0.4, -0.2) is 50.4 Å². The monoisotopic (exact) mass is 519 g/mol. The summed E-state index contributed by atoms with van der Waals surface area (Å²) >= 11 is 12.7. The van der Waals surface area contributed by atoms with Crippen molar-refractivity contribution in [2.24, 2.45) is 5.14 Å². The maximum absolute atomic E-state index is 13.5. The lowest BCUT2D eigenvalue weighted by molar-refractivity contribution is 0.0747. The molecule has 2 heterocycles. The highest BCUT2D eigenvalue weighted by Crippen LogP contribution is 2.34. The number of nitrogens with zero attached hydrogens (tertiary/aromatic N) is 3. The van der Waals surface area contributed by atoms with Gasteiger partial charge in [-0.2, -0.15) is 0 Å². The van der Waals surface area contributed by atoms with Crippen molar-refractivity contribution < 1.29 is 13.2 Å². The number of sulfonamides is 1. The van der Waals surface area contributed by atoms with Crippen molar-refractivity contribution >= 4 is 56.2 Å². The Labute approximate surface area is 208 Å². The summed E-state index contributed by atoms with van der Waals surface area (Å²) in [5.74, 6) is -0.315. The van der Waals surface area contributed by atoms with Gasteiger partial charge in [-0.25, -0.2) is 18.5 Å². The number of nitrogens with one attached hydrogen (secondary N) is 1. The minimum Gasteiger partial charge on any atom is -0.367 e. The predicted octanol–water partition coefficient (Wildman–Crippen LogP) is 4.05. The van der Waals surface area contributed by atoms with Crippen molar-refractivity contribution in [2.75, 3.05) is 36.4 Å². The van der Waals surface area contributed by atoms with E-state index in [0.717, 1.165) is 11.3 Å². The standard InChI is InChI=1S/C23H23Cl2N5O3S/c1-15-5-4-6-16(13-15)28-21-17(14-27-22(20(21)25)34(26,32)33)23(31)30-11-9-29(10-12-30)19-8-3-2-7-18(19)24/h2-8,13-14H,9-12H2,1H3,(H,27,28)(H2,26,32,33). The van der Waals surface area contributed by atoms with Crippen LogP contribution in [0.2, 0.25) is 10.0 Å². The summed E-state index contributed by atoms with van der Waals surface area (Å²) in [5.41, 5.74) is 2.84. The number of aryl methyl sites for hydroxylation is 1. The molecule has 178 valence electrons. The normalized spacial score (nSPS) is 14.2. The van der Waals surface area contributed by atoms with Crippen LogP contribution in [0.4, 0.5) is 17.1 Å². The van der Waals surface area contributed by atoms with Gasteiger partial charge < -0.3 is 15.1 Å². The summed E-state index contributed by atoms with van der Waals surface area (Å²) in [7, 11) is -4.19. The van der Waals surface area contributed by atoms with Gasteiger partial charge in [0.15, 0.2) is 5.03 Å². The second-order valence-corrected chi connectivity index (χ2v) is 10.2. The zero-order valence-electron chi connectivity index (χ0n) is 18.3. The lowest BCUT2D eigenvalue weighted by atomic mass is 10.1. The van der Waals surface area contributed by atoms with Gasteiger partial charge in [-0.1, -0.05) is 47.5 Å². The maximum atomic E-state index is 13.5. The van der Waals surface area contributed by atoms with Gasteiger partial charge >= 0.3 is 0 Å². The Kier molecular flexibility index (Phi) is 6.99. The van der Waals surface area contributed by atoms with E-state index < -0.39 is 15.0 Å². The van der Waals surface area contributed by atoms with E-state index in [9.17, 15) is 13.2 Å². The SMILES string of the molecule is Cc1cccc(Nc2c(C(=O)N3CCN(c4ccccc4Cl)CC3)cnc(S(N)(=O)=O)c2Cl)c1. The van der Waals surface area contributed by atoms with E-state index in [1.807, 2.05) is 49.4 Å². The zero-order chi connectivity index (χ0) is 24.5. The molecule has 34 heavy (non-hydrogen) atoms. The molecule has 1 saturated heterocycles. The van der Waals surface area contributed by atoms with Crippen LogP contribution in [0.3, 0.4) is 0 Å². The molecule has 1 aliphatic heterocycles. The number of rotatable bonds is 5. The minimum absolute atomic E-state index is 0.143. The van der Waals surface area contributed by atoms with E-state index in [0.29, 0.717) is 36.9 Å². The number of piperazine rings is 1. The van der Waals surface area contributed by atoms with E-state index in [1.165, 1.54) is 6.20 Å². The number of hydrogen-bond acceptors (Lipinski definition) is 6. The molecule has 3 N–H and O–H groups in total. The molecule has 1 fully saturated rings. The van der Waals surface area contributed by atoms with Gasteiger partial charge in [-0.05, 0) is 36.8 Å². The fourth-order valence-corrected chi connectivity index (χ4v) is 5.18. The smallest absolute Gasteiger partial charge is 0.257 e. The Morgan fingerprint density at radius 2 is 1.76 bits per heavy atom. The van der Waals surface area contributed by atoms with Gasteiger partial charge in [0.25, 0.3) is 15.9 Å². The summed E-state index contributed by atoms with van der Waals surface area (Å²) in [5, 5.41) is 8.30. The number of anilines is 3. The summed E-state index contributed by atoms with van der Waals surface area (Å²) in [6, 6.07) is 15.0. The first-order chi connectivity index (χ1) is 16.1. The lowest BCUT2D eigenvalue weighted by Crippen LogP contribution is -2.49. The molecule has 4 rings (SSSR count). The first kappa shape index (κ1) is 24.3. The van der Waals surface area contributed by atoms with E-state index >= 15 is 0 Å². The highest BCUT2D eigenvalue weighted by molar-refractivity contribution is 7.89. The van der Waals surface area contributed by atoms with Gasteiger partial charge in [0.05, 0.1) is 22.0 Å². The molecule has 0 bridgehead atoms. The number of benzene rings is 2. The number of aromatic nitrogens is 1. The average Bonchev–Trinajstić information content (AvgIpc) is 2.79. The minimum atomic E-state index is -4.19. The molecular weight excluding hydrogens is 497 g/mol. The second kappa shape index (κ2) is 9.79. The fourth-order valence-electron chi connectivity index (χ4n) is 3.85. The third-order valence-corrected chi connectivity index (χ3v) is 7.18. The highest BCUT2D eigenvalue weighted by Gasteiger charge is 2.29. The van der Waals surface area contributed by atoms with Crippen LogP contribution in [0.5, 0.6) is 0 Å². The Balaban J connectivity index is 1.63. The molecular formula is C23H23Cl2N5O3S. The Bertz CT molecular complexity index is 1340. The van der Waals surface area contributed by atoms with E-state index in [4.69, 9.17) is 28.3 Å². The van der Waals surface area contributed by atoms with E-state index in [2.05, 4.69) is 15.2 Å². The summed E-state index contributed by atoms with van der Waals surface area (Å²) < 4.78 is 24.0. The lowest BCUT2D eigenvalue weighted by Gasteiger charge is -2.36. The summed E-state index contributed by atoms with van der Waals surface area (Å²) in [6.07, 6.45) is 1.20. The number of primary sulfonamides is 1. The average molecular weight is 520 g/mol. The number of amides is 1. The number of nitrogens with two attached hydrogens (primary N) is 1. The molecule has 3 aromatic rings. The van der Waals surface area contributed by atoms with Crippen molar-refractivity contribution in [3.8, 4) is 0 Å². The fraction of sp³-hybridized carbons (Fsp3) is 0.217. The molecule has 0 spiro atoms. The third kappa shape index (κ3) is 5.12. The number of halogens is 2.